The first-order chi connectivity index (χ1) is 10.8. The van der Waals surface area contributed by atoms with E-state index in [1.54, 1.807) is 6.20 Å². The van der Waals surface area contributed by atoms with Crippen LogP contribution in [0.3, 0.4) is 0 Å². The van der Waals surface area contributed by atoms with Crippen LogP contribution in [-0.2, 0) is 4.74 Å². The van der Waals surface area contributed by atoms with E-state index in [0.717, 1.165) is 48.0 Å². The second-order valence-corrected chi connectivity index (χ2v) is 5.50. The zero-order valence-electron chi connectivity index (χ0n) is 12.1. The van der Waals surface area contributed by atoms with Gasteiger partial charge in [0.1, 0.15) is 6.33 Å². The van der Waals surface area contributed by atoms with Gasteiger partial charge in [-0.1, -0.05) is 0 Å². The molecule has 1 saturated heterocycles. The van der Waals surface area contributed by atoms with Crippen LogP contribution < -0.4 is 5.73 Å². The Bertz CT molecular complexity index is 793. The zero-order valence-corrected chi connectivity index (χ0v) is 12.1. The van der Waals surface area contributed by atoms with Gasteiger partial charge in [-0.15, -0.1) is 0 Å². The molecule has 0 aliphatic carbocycles. The third-order valence-corrected chi connectivity index (χ3v) is 4.05. The Hall–Kier alpha value is -2.47. The molecular formula is C16H17N5O. The largest absolute Gasteiger partial charge is 0.398 e. The summed E-state index contributed by atoms with van der Waals surface area (Å²) in [5.74, 6) is 0. The van der Waals surface area contributed by atoms with Crippen LogP contribution in [0.25, 0.3) is 22.2 Å². The van der Waals surface area contributed by atoms with Crippen LogP contribution in [0.5, 0.6) is 0 Å². The van der Waals surface area contributed by atoms with Gasteiger partial charge in [0, 0.05) is 29.4 Å². The Kier molecular flexibility index (Phi) is 3.23. The number of anilines is 1. The SMILES string of the molecule is Nc1cc(-c2ccncn2)cc2c1cnn2C1CCCCO1. The van der Waals surface area contributed by atoms with Gasteiger partial charge < -0.3 is 10.5 Å². The van der Waals surface area contributed by atoms with Crippen molar-refractivity contribution in [3.05, 3.63) is 36.9 Å². The van der Waals surface area contributed by atoms with Crippen molar-refractivity contribution in [3.63, 3.8) is 0 Å². The van der Waals surface area contributed by atoms with Gasteiger partial charge in [0.05, 0.1) is 17.4 Å². The average Bonchev–Trinajstić information content (AvgIpc) is 3.01. The number of nitrogen functional groups attached to an aromatic ring is 1. The lowest BCUT2D eigenvalue weighted by Gasteiger charge is -2.23. The molecule has 1 aliphatic rings. The van der Waals surface area contributed by atoms with Gasteiger partial charge >= 0.3 is 0 Å². The molecule has 1 unspecified atom stereocenters. The molecule has 2 N–H and O–H groups in total. The molecule has 3 heterocycles. The Morgan fingerprint density at radius 2 is 2.23 bits per heavy atom. The van der Waals surface area contributed by atoms with Crippen LogP contribution in [0.4, 0.5) is 5.69 Å². The molecule has 0 radical (unpaired) electrons. The van der Waals surface area contributed by atoms with Crippen molar-refractivity contribution < 1.29 is 4.74 Å². The summed E-state index contributed by atoms with van der Waals surface area (Å²) < 4.78 is 7.79. The van der Waals surface area contributed by atoms with Crippen molar-refractivity contribution in [2.75, 3.05) is 12.3 Å². The molecule has 0 saturated carbocycles. The molecule has 6 nitrogen and oxygen atoms in total. The average molecular weight is 295 g/mol. The fourth-order valence-electron chi connectivity index (χ4n) is 2.93. The highest BCUT2D eigenvalue weighted by atomic mass is 16.5. The van der Waals surface area contributed by atoms with E-state index in [4.69, 9.17) is 10.5 Å². The van der Waals surface area contributed by atoms with Crippen LogP contribution in [0, 0.1) is 0 Å². The second-order valence-electron chi connectivity index (χ2n) is 5.50. The third-order valence-electron chi connectivity index (χ3n) is 4.05. The minimum atomic E-state index is -0.00806. The van der Waals surface area contributed by atoms with Gasteiger partial charge in [-0.25, -0.2) is 14.6 Å². The summed E-state index contributed by atoms with van der Waals surface area (Å²) in [6.07, 6.45) is 8.32. The molecule has 1 fully saturated rings. The summed E-state index contributed by atoms with van der Waals surface area (Å²) in [7, 11) is 0. The fourth-order valence-corrected chi connectivity index (χ4v) is 2.93. The van der Waals surface area contributed by atoms with Gasteiger partial charge in [-0.05, 0) is 37.5 Å². The number of benzene rings is 1. The van der Waals surface area contributed by atoms with Gasteiger partial charge in [0.2, 0.25) is 0 Å². The molecule has 1 atom stereocenters. The van der Waals surface area contributed by atoms with E-state index in [1.165, 1.54) is 6.33 Å². The van der Waals surface area contributed by atoms with E-state index < -0.39 is 0 Å². The molecule has 0 spiro atoms. The normalized spacial score (nSPS) is 18.6. The Morgan fingerprint density at radius 1 is 1.27 bits per heavy atom. The van der Waals surface area contributed by atoms with Gasteiger partial charge in [0.15, 0.2) is 6.23 Å². The third kappa shape index (κ3) is 2.21. The minimum Gasteiger partial charge on any atom is -0.398 e. The highest BCUT2D eigenvalue weighted by molar-refractivity contribution is 5.94. The maximum Gasteiger partial charge on any atom is 0.150 e. The number of nitrogens with zero attached hydrogens (tertiary/aromatic N) is 4. The number of hydrogen-bond acceptors (Lipinski definition) is 5. The van der Waals surface area contributed by atoms with Gasteiger partial charge in [0.25, 0.3) is 0 Å². The molecule has 0 amide bonds. The van der Waals surface area contributed by atoms with Gasteiger partial charge in [-0.3, -0.25) is 0 Å². The molecule has 1 aromatic carbocycles. The Balaban J connectivity index is 1.84. The van der Waals surface area contributed by atoms with Crippen LogP contribution in [0.1, 0.15) is 25.5 Å². The number of ether oxygens (including phenoxy) is 1. The number of hydrogen-bond donors (Lipinski definition) is 1. The van der Waals surface area contributed by atoms with Crippen LogP contribution in [0.15, 0.2) is 36.9 Å². The Labute approximate surface area is 127 Å². The summed E-state index contributed by atoms with van der Waals surface area (Å²) >= 11 is 0. The van der Waals surface area contributed by atoms with Crippen molar-refractivity contribution in [3.8, 4) is 11.3 Å². The number of rotatable bonds is 2. The lowest BCUT2D eigenvalue weighted by molar-refractivity contribution is -0.0366. The first kappa shape index (κ1) is 13.2. The van der Waals surface area contributed by atoms with Crippen LogP contribution >= 0.6 is 0 Å². The molecule has 1 aliphatic heterocycles. The highest BCUT2D eigenvalue weighted by Crippen LogP contribution is 2.32. The molecule has 0 bridgehead atoms. The zero-order chi connectivity index (χ0) is 14.9. The summed E-state index contributed by atoms with van der Waals surface area (Å²) in [5.41, 5.74) is 9.70. The molecular weight excluding hydrogens is 278 g/mol. The van der Waals surface area contributed by atoms with E-state index in [0.29, 0.717) is 5.69 Å². The van der Waals surface area contributed by atoms with Crippen molar-refractivity contribution >= 4 is 16.6 Å². The van der Waals surface area contributed by atoms with E-state index in [9.17, 15) is 0 Å². The highest BCUT2D eigenvalue weighted by Gasteiger charge is 2.19. The predicted molar refractivity (Wildman–Crippen MR) is 84.0 cm³/mol. The van der Waals surface area contributed by atoms with Crippen LogP contribution in [0.2, 0.25) is 0 Å². The number of nitrogens with two attached hydrogens (primary N) is 1. The summed E-state index contributed by atoms with van der Waals surface area (Å²) in [6.45, 7) is 0.785. The lowest BCUT2D eigenvalue weighted by atomic mass is 10.1. The molecule has 4 rings (SSSR count). The molecule has 22 heavy (non-hydrogen) atoms. The quantitative estimate of drug-likeness (QED) is 0.735. The summed E-state index contributed by atoms with van der Waals surface area (Å²) in [5, 5.41) is 5.44. The van der Waals surface area contributed by atoms with E-state index in [2.05, 4.69) is 21.1 Å². The smallest absolute Gasteiger partial charge is 0.150 e. The maximum atomic E-state index is 6.20. The van der Waals surface area contributed by atoms with Crippen molar-refractivity contribution in [2.45, 2.75) is 25.5 Å². The summed E-state index contributed by atoms with van der Waals surface area (Å²) in [4.78, 5) is 8.25. The summed E-state index contributed by atoms with van der Waals surface area (Å²) in [6, 6.07) is 5.87. The molecule has 112 valence electrons. The van der Waals surface area contributed by atoms with Gasteiger partial charge in [-0.2, -0.15) is 5.10 Å². The fraction of sp³-hybridized carbons (Fsp3) is 0.312. The van der Waals surface area contributed by atoms with Crippen molar-refractivity contribution in [1.29, 1.82) is 0 Å². The topological polar surface area (TPSA) is 78.9 Å². The number of fused-ring (bicyclic) bond motifs is 1. The number of aromatic nitrogens is 4. The lowest BCUT2D eigenvalue weighted by Crippen LogP contribution is -2.19. The first-order valence-electron chi connectivity index (χ1n) is 7.47. The molecule has 6 heteroatoms. The standard InChI is InChI=1S/C16H17N5O/c17-13-7-11(14-4-5-18-10-19-14)8-15-12(13)9-20-21(15)16-3-1-2-6-22-16/h4-5,7-10,16H,1-3,6,17H2. The van der Waals surface area contributed by atoms with Crippen LogP contribution in [-0.4, -0.2) is 26.4 Å². The molecule has 3 aromatic rings. The molecule has 2 aromatic heterocycles. The van der Waals surface area contributed by atoms with E-state index in [-0.39, 0.29) is 6.23 Å². The van der Waals surface area contributed by atoms with E-state index in [1.807, 2.05) is 23.0 Å². The maximum absolute atomic E-state index is 6.20. The Morgan fingerprint density at radius 3 is 3.00 bits per heavy atom. The predicted octanol–water partition coefficient (Wildman–Crippen LogP) is 2.77. The second kappa shape index (κ2) is 5.38. The van der Waals surface area contributed by atoms with E-state index >= 15 is 0 Å². The van der Waals surface area contributed by atoms with Crippen molar-refractivity contribution in [2.24, 2.45) is 0 Å². The monoisotopic (exact) mass is 295 g/mol. The van der Waals surface area contributed by atoms with Crippen molar-refractivity contribution in [1.82, 2.24) is 19.7 Å². The minimum absolute atomic E-state index is 0.00806. The first-order valence-corrected chi connectivity index (χ1v) is 7.47.